The van der Waals surface area contributed by atoms with Crippen LogP contribution in [0.2, 0.25) is 5.02 Å². The minimum absolute atomic E-state index is 0.0449. The van der Waals surface area contributed by atoms with Crippen molar-refractivity contribution in [1.82, 2.24) is 20.2 Å². The summed E-state index contributed by atoms with van der Waals surface area (Å²) in [6.45, 7) is 4.13. The van der Waals surface area contributed by atoms with Gasteiger partial charge in [-0.25, -0.2) is 9.97 Å². The highest BCUT2D eigenvalue weighted by Crippen LogP contribution is 2.30. The van der Waals surface area contributed by atoms with Gasteiger partial charge in [-0.3, -0.25) is 9.69 Å². The number of benzene rings is 1. The van der Waals surface area contributed by atoms with Gasteiger partial charge in [-0.2, -0.15) is 0 Å². The summed E-state index contributed by atoms with van der Waals surface area (Å²) in [7, 11) is 0. The zero-order valence-corrected chi connectivity index (χ0v) is 15.3. The molecule has 6 nitrogen and oxygen atoms in total. The van der Waals surface area contributed by atoms with E-state index in [4.69, 9.17) is 16.3 Å². The summed E-state index contributed by atoms with van der Waals surface area (Å²) in [5.74, 6) is 0.537. The molecule has 3 atom stereocenters. The highest BCUT2D eigenvalue weighted by molar-refractivity contribution is 6.30. The van der Waals surface area contributed by atoms with E-state index in [1.807, 2.05) is 24.3 Å². The van der Waals surface area contributed by atoms with Crippen molar-refractivity contribution >= 4 is 17.5 Å². The molecule has 1 amide bonds. The molecule has 0 radical (unpaired) electrons. The molecular formula is C19H21ClN4O2. The van der Waals surface area contributed by atoms with E-state index in [1.54, 1.807) is 19.3 Å². The van der Waals surface area contributed by atoms with Crippen molar-refractivity contribution in [3.63, 3.8) is 0 Å². The first kappa shape index (κ1) is 17.4. The molecule has 3 heterocycles. The van der Waals surface area contributed by atoms with E-state index in [9.17, 15) is 4.79 Å². The van der Waals surface area contributed by atoms with Gasteiger partial charge in [-0.15, -0.1) is 0 Å². The molecule has 2 aliphatic heterocycles. The van der Waals surface area contributed by atoms with Crippen molar-refractivity contribution in [2.75, 3.05) is 19.7 Å². The molecule has 1 aromatic carbocycles. The predicted octanol–water partition coefficient (Wildman–Crippen LogP) is 2.38. The molecule has 7 heteroatoms. The van der Waals surface area contributed by atoms with Crippen molar-refractivity contribution < 1.29 is 9.53 Å². The molecule has 2 aliphatic rings. The molecule has 4 rings (SSSR count). The number of fused-ring (bicyclic) bond motifs is 1. The summed E-state index contributed by atoms with van der Waals surface area (Å²) >= 11 is 5.97. The summed E-state index contributed by atoms with van der Waals surface area (Å²) in [5, 5.41) is 3.83. The quantitative estimate of drug-likeness (QED) is 0.896. The van der Waals surface area contributed by atoms with Crippen LogP contribution in [-0.2, 0) is 4.74 Å². The molecule has 26 heavy (non-hydrogen) atoms. The Labute approximate surface area is 157 Å². The number of halogens is 1. The standard InChI is InChI=1S/C19H21ClN4O2/c1-12-21-7-14(8-22-12)19(25)23-16-6-17-11-26-18(10-24(17)9-16)13-2-4-15(20)5-3-13/h2-5,7-8,16-18H,6,9-11H2,1H3,(H,23,25)/t16-,17-,18+/m0/s1. The fraction of sp³-hybridized carbons (Fsp3) is 0.421. The zero-order chi connectivity index (χ0) is 18.1. The molecule has 136 valence electrons. The van der Waals surface area contributed by atoms with Gasteiger partial charge in [-0.05, 0) is 31.0 Å². The number of aryl methyl sites for hydroxylation is 1. The van der Waals surface area contributed by atoms with E-state index >= 15 is 0 Å². The maximum absolute atomic E-state index is 12.4. The fourth-order valence-electron chi connectivity index (χ4n) is 3.64. The summed E-state index contributed by atoms with van der Waals surface area (Å²) in [6, 6.07) is 8.27. The lowest BCUT2D eigenvalue weighted by atomic mass is 10.1. The van der Waals surface area contributed by atoms with Gasteiger partial charge >= 0.3 is 0 Å². The second kappa shape index (κ2) is 7.31. The molecule has 2 saturated heterocycles. The number of hydrogen-bond acceptors (Lipinski definition) is 5. The van der Waals surface area contributed by atoms with Gasteiger partial charge in [0.05, 0.1) is 18.3 Å². The first-order chi connectivity index (χ1) is 12.6. The highest BCUT2D eigenvalue weighted by atomic mass is 35.5. The van der Waals surface area contributed by atoms with Crippen LogP contribution in [0.15, 0.2) is 36.7 Å². The number of carbonyl (C=O) groups is 1. The molecule has 0 saturated carbocycles. The lowest BCUT2D eigenvalue weighted by molar-refractivity contribution is -0.0502. The molecule has 0 bridgehead atoms. The van der Waals surface area contributed by atoms with Gasteiger partial charge in [0.1, 0.15) is 5.82 Å². The van der Waals surface area contributed by atoms with E-state index in [0.29, 0.717) is 24.0 Å². The molecule has 1 N–H and O–H groups in total. The Morgan fingerprint density at radius 3 is 2.69 bits per heavy atom. The number of morpholine rings is 1. The number of hydrogen-bond donors (Lipinski definition) is 1. The summed E-state index contributed by atoms with van der Waals surface area (Å²) in [6.07, 6.45) is 4.08. The predicted molar refractivity (Wildman–Crippen MR) is 98.1 cm³/mol. The lowest BCUT2D eigenvalue weighted by Gasteiger charge is -2.35. The van der Waals surface area contributed by atoms with Crippen molar-refractivity contribution in [3.05, 3.63) is 58.6 Å². The average Bonchev–Trinajstić information content (AvgIpc) is 3.04. The Bertz CT molecular complexity index is 781. The van der Waals surface area contributed by atoms with Crippen LogP contribution in [0, 0.1) is 6.92 Å². The van der Waals surface area contributed by atoms with Crippen LogP contribution in [0.3, 0.4) is 0 Å². The van der Waals surface area contributed by atoms with Crippen molar-refractivity contribution in [1.29, 1.82) is 0 Å². The summed E-state index contributed by atoms with van der Waals surface area (Å²) in [4.78, 5) is 23.0. The third-order valence-electron chi connectivity index (χ3n) is 5.04. The number of rotatable bonds is 3. The Balaban J connectivity index is 1.36. The second-order valence-electron chi connectivity index (χ2n) is 6.91. The molecule has 0 aliphatic carbocycles. The van der Waals surface area contributed by atoms with Crippen LogP contribution in [0.1, 0.15) is 34.3 Å². The Morgan fingerprint density at radius 2 is 1.96 bits per heavy atom. The van der Waals surface area contributed by atoms with Gasteiger partial charge in [-0.1, -0.05) is 23.7 Å². The van der Waals surface area contributed by atoms with E-state index in [1.165, 1.54) is 0 Å². The van der Waals surface area contributed by atoms with E-state index in [0.717, 1.165) is 30.1 Å². The van der Waals surface area contributed by atoms with Crippen LogP contribution >= 0.6 is 11.6 Å². The Kier molecular flexibility index (Phi) is 4.89. The van der Waals surface area contributed by atoms with Crippen molar-refractivity contribution in [3.8, 4) is 0 Å². The molecule has 2 aromatic rings. The number of amides is 1. The molecule has 1 aromatic heterocycles. The van der Waals surface area contributed by atoms with Crippen LogP contribution in [0.5, 0.6) is 0 Å². The number of nitrogens with one attached hydrogen (secondary N) is 1. The Hall–Kier alpha value is -2.02. The number of ether oxygens (including phenoxy) is 1. The van der Waals surface area contributed by atoms with Crippen LogP contribution < -0.4 is 5.32 Å². The fourth-order valence-corrected chi connectivity index (χ4v) is 3.76. The summed E-state index contributed by atoms with van der Waals surface area (Å²) in [5.41, 5.74) is 1.63. The zero-order valence-electron chi connectivity index (χ0n) is 14.6. The second-order valence-corrected chi connectivity index (χ2v) is 7.34. The number of nitrogens with zero attached hydrogens (tertiary/aromatic N) is 3. The molecule has 0 unspecified atom stereocenters. The first-order valence-corrected chi connectivity index (χ1v) is 9.17. The van der Waals surface area contributed by atoms with E-state index in [2.05, 4.69) is 20.2 Å². The van der Waals surface area contributed by atoms with E-state index < -0.39 is 0 Å². The largest absolute Gasteiger partial charge is 0.371 e. The average molecular weight is 373 g/mol. The van der Waals surface area contributed by atoms with Gasteiger partial charge in [0.15, 0.2) is 0 Å². The molecule has 2 fully saturated rings. The number of carbonyl (C=O) groups excluding carboxylic acids is 1. The van der Waals surface area contributed by atoms with E-state index in [-0.39, 0.29) is 18.1 Å². The maximum Gasteiger partial charge on any atom is 0.254 e. The molecular weight excluding hydrogens is 352 g/mol. The number of aromatic nitrogens is 2. The van der Waals surface area contributed by atoms with Crippen LogP contribution in [0.25, 0.3) is 0 Å². The minimum atomic E-state index is -0.120. The van der Waals surface area contributed by atoms with Gasteiger partial charge < -0.3 is 10.1 Å². The smallest absolute Gasteiger partial charge is 0.254 e. The normalized spacial score (nSPS) is 25.7. The van der Waals surface area contributed by atoms with Crippen LogP contribution in [-0.4, -0.2) is 52.6 Å². The monoisotopic (exact) mass is 372 g/mol. The maximum atomic E-state index is 12.4. The summed E-state index contributed by atoms with van der Waals surface area (Å²) < 4.78 is 6.05. The van der Waals surface area contributed by atoms with Crippen molar-refractivity contribution in [2.24, 2.45) is 0 Å². The molecule has 0 spiro atoms. The lowest BCUT2D eigenvalue weighted by Crippen LogP contribution is -2.43. The van der Waals surface area contributed by atoms with Crippen LogP contribution in [0.4, 0.5) is 0 Å². The van der Waals surface area contributed by atoms with Gasteiger partial charge in [0.25, 0.3) is 5.91 Å². The minimum Gasteiger partial charge on any atom is -0.371 e. The van der Waals surface area contributed by atoms with Gasteiger partial charge in [0, 0.05) is 42.6 Å². The third-order valence-corrected chi connectivity index (χ3v) is 5.29. The van der Waals surface area contributed by atoms with Crippen molar-refractivity contribution in [2.45, 2.75) is 31.5 Å². The first-order valence-electron chi connectivity index (χ1n) is 8.79. The SMILES string of the molecule is Cc1ncc(C(=O)N[C@H]2C[C@H]3CO[C@@H](c4ccc(Cl)cc4)CN3C2)cn1. The highest BCUT2D eigenvalue weighted by Gasteiger charge is 2.38. The topological polar surface area (TPSA) is 67.3 Å². The Morgan fingerprint density at radius 1 is 1.23 bits per heavy atom. The van der Waals surface area contributed by atoms with Gasteiger partial charge in [0.2, 0.25) is 0 Å². The third kappa shape index (κ3) is 3.72.